The van der Waals surface area contributed by atoms with Gasteiger partial charge in [0.05, 0.1) is 0 Å². The maximum Gasteiger partial charge on any atom is 0.258 e. The van der Waals surface area contributed by atoms with Crippen molar-refractivity contribution < 1.29 is 9.18 Å². The minimum absolute atomic E-state index is 0.161. The molecule has 0 unspecified atom stereocenters. The van der Waals surface area contributed by atoms with E-state index < -0.39 is 0 Å². The Kier molecular flexibility index (Phi) is 5.94. The molecule has 0 aliphatic carbocycles. The van der Waals surface area contributed by atoms with Gasteiger partial charge in [0.2, 0.25) is 0 Å². The number of halogens is 3. The molecule has 0 saturated carbocycles. The Morgan fingerprint density at radius 3 is 2.42 bits per heavy atom. The lowest BCUT2D eigenvalue weighted by atomic mass is 9.74. The molecule has 0 radical (unpaired) electrons. The van der Waals surface area contributed by atoms with E-state index in [0.29, 0.717) is 22.2 Å². The van der Waals surface area contributed by atoms with Gasteiger partial charge in [0, 0.05) is 39.8 Å². The average Bonchev–Trinajstić information content (AvgIpc) is 3.07. The summed E-state index contributed by atoms with van der Waals surface area (Å²) in [7, 11) is 0. The van der Waals surface area contributed by atoms with Crippen molar-refractivity contribution in [1.82, 2.24) is 4.90 Å². The molecule has 33 heavy (non-hydrogen) atoms. The van der Waals surface area contributed by atoms with Crippen LogP contribution in [0.3, 0.4) is 0 Å². The lowest BCUT2D eigenvalue weighted by molar-refractivity contribution is 0.0975. The van der Waals surface area contributed by atoms with E-state index in [1.54, 1.807) is 35.2 Å². The predicted octanol–water partition coefficient (Wildman–Crippen LogP) is 6.64. The van der Waals surface area contributed by atoms with Gasteiger partial charge in [-0.15, -0.1) is 0 Å². The number of aryl methyl sites for hydroxylation is 1. The molecule has 5 rings (SSSR count). The lowest BCUT2D eigenvalue weighted by Gasteiger charge is -2.40. The number of fused-ring (bicyclic) bond motifs is 2. The molecule has 0 atom stereocenters. The van der Waals surface area contributed by atoms with Crippen molar-refractivity contribution >= 4 is 34.8 Å². The highest BCUT2D eigenvalue weighted by Gasteiger charge is 2.46. The van der Waals surface area contributed by atoms with Gasteiger partial charge in [0.15, 0.2) is 0 Å². The fourth-order valence-corrected chi connectivity index (χ4v) is 5.82. The van der Waals surface area contributed by atoms with E-state index in [9.17, 15) is 9.18 Å². The van der Waals surface area contributed by atoms with Crippen LogP contribution in [0, 0.1) is 12.7 Å². The monoisotopic (exact) mass is 482 g/mol. The minimum Gasteiger partial charge on any atom is -0.307 e. The summed E-state index contributed by atoms with van der Waals surface area (Å²) in [5.41, 5.74) is 4.47. The van der Waals surface area contributed by atoms with Crippen molar-refractivity contribution in [3.8, 4) is 0 Å². The molecule has 1 fully saturated rings. The Labute approximate surface area is 203 Å². The molecule has 0 bridgehead atoms. The SMILES string of the molecule is Cc1cccc(CN2CCC3(CC2)CN(C(=O)c2cc(Cl)cc(Cl)c2)c2ccc(F)cc23)c1. The van der Waals surface area contributed by atoms with E-state index >= 15 is 0 Å². The van der Waals surface area contributed by atoms with Gasteiger partial charge >= 0.3 is 0 Å². The molecule has 3 aromatic rings. The molecule has 6 heteroatoms. The second-order valence-electron chi connectivity index (χ2n) is 9.26. The molecule has 1 spiro atoms. The second-order valence-corrected chi connectivity index (χ2v) is 10.1. The van der Waals surface area contributed by atoms with Crippen LogP contribution >= 0.6 is 23.2 Å². The van der Waals surface area contributed by atoms with Gasteiger partial charge in [-0.1, -0.05) is 53.0 Å². The lowest BCUT2D eigenvalue weighted by Crippen LogP contribution is -2.45. The summed E-state index contributed by atoms with van der Waals surface area (Å²) < 4.78 is 14.3. The molecular formula is C27H25Cl2FN2O. The maximum absolute atomic E-state index is 14.3. The molecule has 2 aliphatic heterocycles. The van der Waals surface area contributed by atoms with Gasteiger partial charge in [-0.05, 0) is 80.4 Å². The number of piperidine rings is 1. The first-order chi connectivity index (χ1) is 15.8. The Morgan fingerprint density at radius 1 is 1.00 bits per heavy atom. The standard InChI is InChI=1S/C27H25Cl2FN2O/c1-18-3-2-4-19(11-18)16-31-9-7-27(8-10-31)17-32(25-6-5-23(30)15-24(25)27)26(33)20-12-21(28)14-22(29)13-20/h2-6,11-15H,7-10,16-17H2,1H3. The van der Waals surface area contributed by atoms with E-state index in [1.807, 2.05) is 0 Å². The van der Waals surface area contributed by atoms with Gasteiger partial charge in [0.1, 0.15) is 5.82 Å². The van der Waals surface area contributed by atoms with E-state index in [-0.39, 0.29) is 17.1 Å². The Morgan fingerprint density at radius 2 is 1.73 bits per heavy atom. The zero-order valence-corrected chi connectivity index (χ0v) is 20.0. The van der Waals surface area contributed by atoms with Crippen LogP contribution in [0.4, 0.5) is 10.1 Å². The smallest absolute Gasteiger partial charge is 0.258 e. The maximum atomic E-state index is 14.3. The van der Waals surface area contributed by atoms with Crippen molar-refractivity contribution in [2.75, 3.05) is 24.5 Å². The van der Waals surface area contributed by atoms with Gasteiger partial charge in [-0.25, -0.2) is 4.39 Å². The third kappa shape index (κ3) is 4.40. The first kappa shape index (κ1) is 22.4. The first-order valence-corrected chi connectivity index (χ1v) is 11.9. The molecule has 0 aromatic heterocycles. The van der Waals surface area contributed by atoms with Crippen LogP contribution in [0.25, 0.3) is 0 Å². The largest absolute Gasteiger partial charge is 0.307 e. The van der Waals surface area contributed by atoms with Crippen LogP contribution in [0.2, 0.25) is 10.0 Å². The number of hydrogen-bond acceptors (Lipinski definition) is 2. The second kappa shape index (κ2) is 8.75. The number of rotatable bonds is 3. The van der Waals surface area contributed by atoms with Crippen molar-refractivity contribution in [3.05, 3.63) is 98.8 Å². The molecule has 170 valence electrons. The molecule has 0 N–H and O–H groups in total. The van der Waals surface area contributed by atoms with Gasteiger partial charge in [0.25, 0.3) is 5.91 Å². The third-order valence-corrected chi connectivity index (χ3v) is 7.37. The number of carbonyl (C=O) groups excluding carboxylic acids is 1. The Balaban J connectivity index is 1.40. The van der Waals surface area contributed by atoms with Crippen molar-refractivity contribution in [3.63, 3.8) is 0 Å². The normalized spacial score (nSPS) is 17.4. The summed E-state index contributed by atoms with van der Waals surface area (Å²) in [6, 6.07) is 18.2. The van der Waals surface area contributed by atoms with Crippen LogP contribution in [0.1, 0.15) is 39.9 Å². The van der Waals surface area contributed by atoms with E-state index in [2.05, 4.69) is 36.1 Å². The third-order valence-electron chi connectivity index (χ3n) is 6.94. The fraction of sp³-hybridized carbons (Fsp3) is 0.296. The van der Waals surface area contributed by atoms with Crippen LogP contribution in [-0.2, 0) is 12.0 Å². The number of benzene rings is 3. The van der Waals surface area contributed by atoms with Crippen molar-refractivity contribution in [1.29, 1.82) is 0 Å². The highest BCUT2D eigenvalue weighted by Crippen LogP contribution is 2.48. The molecule has 2 aliphatic rings. The highest BCUT2D eigenvalue weighted by atomic mass is 35.5. The van der Waals surface area contributed by atoms with Crippen molar-refractivity contribution in [2.24, 2.45) is 0 Å². The Bertz CT molecular complexity index is 1200. The minimum atomic E-state index is -0.268. The van der Waals surface area contributed by atoms with Crippen LogP contribution in [-0.4, -0.2) is 30.4 Å². The predicted molar refractivity (Wildman–Crippen MR) is 132 cm³/mol. The topological polar surface area (TPSA) is 23.6 Å². The summed E-state index contributed by atoms with van der Waals surface area (Å²) in [5, 5.41) is 0.840. The first-order valence-electron chi connectivity index (χ1n) is 11.2. The number of anilines is 1. The number of hydrogen-bond donors (Lipinski definition) is 0. The molecule has 3 nitrogen and oxygen atoms in total. The van der Waals surface area contributed by atoms with Crippen LogP contribution < -0.4 is 4.90 Å². The summed E-state index contributed by atoms with van der Waals surface area (Å²) in [6.07, 6.45) is 1.74. The number of nitrogens with zero attached hydrogens (tertiary/aromatic N) is 2. The molecule has 2 heterocycles. The quantitative estimate of drug-likeness (QED) is 0.417. The van der Waals surface area contributed by atoms with E-state index in [0.717, 1.165) is 43.7 Å². The summed E-state index contributed by atoms with van der Waals surface area (Å²) in [4.78, 5) is 17.7. The number of amides is 1. The van der Waals surface area contributed by atoms with Crippen LogP contribution in [0.5, 0.6) is 0 Å². The average molecular weight is 483 g/mol. The Hall–Kier alpha value is -2.40. The van der Waals surface area contributed by atoms with Gasteiger partial charge < -0.3 is 4.90 Å². The summed E-state index contributed by atoms with van der Waals surface area (Å²) >= 11 is 12.3. The van der Waals surface area contributed by atoms with E-state index in [1.165, 1.54) is 17.2 Å². The highest BCUT2D eigenvalue weighted by molar-refractivity contribution is 6.35. The van der Waals surface area contributed by atoms with E-state index in [4.69, 9.17) is 23.2 Å². The molecular weight excluding hydrogens is 458 g/mol. The zero-order chi connectivity index (χ0) is 23.2. The van der Waals surface area contributed by atoms with Gasteiger partial charge in [-0.3, -0.25) is 9.69 Å². The molecule has 1 amide bonds. The summed E-state index contributed by atoms with van der Waals surface area (Å²) in [6.45, 7) is 5.34. The number of likely N-dealkylation sites (tertiary alicyclic amines) is 1. The van der Waals surface area contributed by atoms with Crippen LogP contribution in [0.15, 0.2) is 60.7 Å². The zero-order valence-electron chi connectivity index (χ0n) is 18.5. The van der Waals surface area contributed by atoms with Crippen molar-refractivity contribution in [2.45, 2.75) is 31.7 Å². The van der Waals surface area contributed by atoms with Gasteiger partial charge in [-0.2, -0.15) is 0 Å². The fourth-order valence-electron chi connectivity index (χ4n) is 5.29. The molecule has 3 aromatic carbocycles. The molecule has 1 saturated heterocycles. The summed E-state index contributed by atoms with van der Waals surface area (Å²) in [5.74, 6) is -0.429. The number of carbonyl (C=O) groups is 1.